The fourth-order valence-electron chi connectivity index (χ4n) is 1.52. The molecular weight excluding hydrogens is 212 g/mol. The average molecular weight is 228 g/mol. The summed E-state index contributed by atoms with van der Waals surface area (Å²) in [6, 6.07) is 1.79. The highest BCUT2D eigenvalue weighted by Crippen LogP contribution is 2.15. The van der Waals surface area contributed by atoms with Crippen molar-refractivity contribution in [1.82, 2.24) is 0 Å². The Hall–Kier alpha value is -1.09. The van der Waals surface area contributed by atoms with Crippen LogP contribution < -0.4 is 10.3 Å². The average Bonchev–Trinajstić information content (AvgIpc) is 2.19. The molecule has 0 radical (unpaired) electrons. The Bertz CT molecular complexity index is 377. The molecule has 0 aliphatic rings. The minimum absolute atomic E-state index is 0.425. The fraction of sp³-hybridized carbons (Fsp3) is 0.455. The summed E-state index contributed by atoms with van der Waals surface area (Å²) in [5, 5.41) is 0.580. The van der Waals surface area contributed by atoms with Gasteiger partial charge in [-0.3, -0.25) is 4.79 Å². The Kier molecular flexibility index (Phi) is 4.09. The molecule has 0 fully saturated rings. The zero-order valence-corrected chi connectivity index (χ0v) is 9.84. The van der Waals surface area contributed by atoms with E-state index in [4.69, 9.17) is 17.3 Å². The quantitative estimate of drug-likeness (QED) is 0.784. The van der Waals surface area contributed by atoms with Gasteiger partial charge in [0.25, 0.3) is 5.69 Å². The summed E-state index contributed by atoms with van der Waals surface area (Å²) >= 11 is 5.94. The Morgan fingerprint density at radius 2 is 2.27 bits per heavy atom. The number of halogens is 1. The number of amides is 1. The van der Waals surface area contributed by atoms with Gasteiger partial charge < -0.3 is 5.73 Å². The normalized spacial score (nSPS) is 10.3. The van der Waals surface area contributed by atoms with Crippen molar-refractivity contribution in [3.8, 4) is 0 Å². The molecule has 15 heavy (non-hydrogen) atoms. The van der Waals surface area contributed by atoms with Crippen LogP contribution in [0.15, 0.2) is 12.3 Å². The Balaban J connectivity index is 3.15. The molecule has 1 aromatic heterocycles. The van der Waals surface area contributed by atoms with Gasteiger partial charge in [-0.2, -0.15) is 4.57 Å². The predicted molar refractivity (Wildman–Crippen MR) is 59.8 cm³/mol. The molecule has 1 rings (SSSR count). The smallest absolute Gasteiger partial charge is 0.313 e. The van der Waals surface area contributed by atoms with E-state index in [-0.39, 0.29) is 0 Å². The van der Waals surface area contributed by atoms with Crippen molar-refractivity contribution < 1.29 is 9.36 Å². The van der Waals surface area contributed by atoms with Crippen molar-refractivity contribution in [3.63, 3.8) is 0 Å². The first kappa shape index (κ1) is 12.0. The molecule has 3 nitrogen and oxygen atoms in total. The van der Waals surface area contributed by atoms with Gasteiger partial charge in [0, 0.05) is 18.1 Å². The van der Waals surface area contributed by atoms with Gasteiger partial charge in [-0.1, -0.05) is 24.9 Å². The van der Waals surface area contributed by atoms with Crippen molar-refractivity contribution in [2.24, 2.45) is 5.73 Å². The van der Waals surface area contributed by atoms with E-state index >= 15 is 0 Å². The molecule has 0 aromatic carbocycles. The van der Waals surface area contributed by atoms with Crippen LogP contribution in [0.4, 0.5) is 0 Å². The lowest BCUT2D eigenvalue weighted by atomic mass is 10.2. The number of primary amides is 1. The highest BCUT2D eigenvalue weighted by Gasteiger charge is 2.21. The van der Waals surface area contributed by atoms with Gasteiger partial charge in [0.2, 0.25) is 0 Å². The third kappa shape index (κ3) is 2.69. The van der Waals surface area contributed by atoms with Crippen LogP contribution in [0.2, 0.25) is 5.02 Å². The fourth-order valence-corrected chi connectivity index (χ4v) is 1.67. The van der Waals surface area contributed by atoms with Gasteiger partial charge >= 0.3 is 5.91 Å². The van der Waals surface area contributed by atoms with Crippen LogP contribution in [-0.2, 0) is 6.54 Å². The van der Waals surface area contributed by atoms with E-state index in [2.05, 4.69) is 6.92 Å². The summed E-state index contributed by atoms with van der Waals surface area (Å²) in [6.07, 6.45) is 3.91. The molecule has 0 bridgehead atoms. The Morgan fingerprint density at radius 1 is 1.60 bits per heavy atom. The maximum absolute atomic E-state index is 11.3. The number of nitrogens with zero attached hydrogens (tertiary/aromatic N) is 1. The van der Waals surface area contributed by atoms with E-state index in [1.54, 1.807) is 6.07 Å². The van der Waals surface area contributed by atoms with E-state index in [0.29, 0.717) is 10.7 Å². The molecule has 0 aliphatic heterocycles. The zero-order chi connectivity index (χ0) is 11.4. The summed E-state index contributed by atoms with van der Waals surface area (Å²) < 4.78 is 1.87. The van der Waals surface area contributed by atoms with Crippen molar-refractivity contribution in [2.75, 3.05) is 0 Å². The van der Waals surface area contributed by atoms with Crippen LogP contribution >= 0.6 is 11.6 Å². The SMILES string of the molecule is CCCC[n+]1ccc(Cl)c(C)c1C(N)=O. The molecule has 1 aromatic rings. The predicted octanol–water partition coefficient (Wildman–Crippen LogP) is 1.83. The third-order valence-electron chi connectivity index (χ3n) is 2.39. The second kappa shape index (κ2) is 5.12. The second-order valence-electron chi connectivity index (χ2n) is 3.55. The summed E-state index contributed by atoms with van der Waals surface area (Å²) in [6.45, 7) is 4.71. The van der Waals surface area contributed by atoms with Gasteiger partial charge in [-0.25, -0.2) is 0 Å². The number of aryl methyl sites for hydroxylation is 1. The number of aromatic nitrogens is 1. The first-order chi connectivity index (χ1) is 7.07. The molecule has 1 heterocycles. The summed E-state index contributed by atoms with van der Waals surface area (Å²) in [5.74, 6) is -0.425. The number of carbonyl (C=O) groups is 1. The summed E-state index contributed by atoms with van der Waals surface area (Å²) in [5.41, 5.74) is 6.60. The van der Waals surface area contributed by atoms with E-state index < -0.39 is 5.91 Å². The van der Waals surface area contributed by atoms with Crippen molar-refractivity contribution in [1.29, 1.82) is 0 Å². The standard InChI is InChI=1S/C11H15ClN2O/c1-3-4-6-14-7-5-9(12)8(2)10(14)11(13)15/h5,7H,3-4,6H2,1-2H3,(H-,13,15)/p+1. The second-order valence-corrected chi connectivity index (χ2v) is 3.96. The highest BCUT2D eigenvalue weighted by atomic mass is 35.5. The number of hydrogen-bond acceptors (Lipinski definition) is 1. The molecule has 0 saturated carbocycles. The van der Waals surface area contributed by atoms with Gasteiger partial charge in [0.1, 0.15) is 6.54 Å². The summed E-state index contributed by atoms with van der Waals surface area (Å²) in [4.78, 5) is 11.3. The number of hydrogen-bond donors (Lipinski definition) is 1. The number of carbonyl (C=O) groups excluding carboxylic acids is 1. The van der Waals surface area contributed by atoms with E-state index in [1.807, 2.05) is 17.7 Å². The van der Waals surface area contributed by atoms with Gasteiger partial charge in [-0.05, 0) is 6.92 Å². The molecule has 82 valence electrons. The maximum Gasteiger partial charge on any atom is 0.313 e. The molecule has 0 aliphatic carbocycles. The molecular formula is C11H16ClN2O+. The van der Waals surface area contributed by atoms with Crippen LogP contribution in [0, 0.1) is 6.92 Å². The lowest BCUT2D eigenvalue weighted by Crippen LogP contribution is -2.43. The van der Waals surface area contributed by atoms with E-state index in [9.17, 15) is 4.79 Å². The first-order valence-corrected chi connectivity index (χ1v) is 5.44. The maximum atomic E-state index is 11.3. The minimum Gasteiger partial charge on any atom is -0.360 e. The van der Waals surface area contributed by atoms with Crippen LogP contribution in [0.3, 0.4) is 0 Å². The minimum atomic E-state index is -0.425. The molecule has 0 atom stereocenters. The van der Waals surface area contributed by atoms with Crippen molar-refractivity contribution >= 4 is 17.5 Å². The number of nitrogens with two attached hydrogens (primary N) is 1. The van der Waals surface area contributed by atoms with Crippen molar-refractivity contribution in [2.45, 2.75) is 33.2 Å². The molecule has 2 N–H and O–H groups in total. The number of unbranched alkanes of at least 4 members (excludes halogenated alkanes) is 1. The zero-order valence-electron chi connectivity index (χ0n) is 9.09. The van der Waals surface area contributed by atoms with Crippen LogP contribution in [-0.4, -0.2) is 5.91 Å². The molecule has 0 spiro atoms. The van der Waals surface area contributed by atoms with Gasteiger partial charge in [0.15, 0.2) is 6.20 Å². The van der Waals surface area contributed by atoms with Crippen LogP contribution in [0.1, 0.15) is 35.8 Å². The van der Waals surface area contributed by atoms with Gasteiger partial charge in [-0.15, -0.1) is 0 Å². The van der Waals surface area contributed by atoms with E-state index in [1.165, 1.54) is 0 Å². The third-order valence-corrected chi connectivity index (χ3v) is 2.80. The number of pyridine rings is 1. The molecule has 4 heteroatoms. The Labute approximate surface area is 94.9 Å². The lowest BCUT2D eigenvalue weighted by Gasteiger charge is -2.04. The number of rotatable bonds is 4. The molecule has 0 unspecified atom stereocenters. The topological polar surface area (TPSA) is 47.0 Å². The first-order valence-electron chi connectivity index (χ1n) is 5.06. The monoisotopic (exact) mass is 227 g/mol. The van der Waals surface area contributed by atoms with E-state index in [0.717, 1.165) is 24.9 Å². The highest BCUT2D eigenvalue weighted by molar-refractivity contribution is 6.31. The van der Waals surface area contributed by atoms with Crippen LogP contribution in [0.25, 0.3) is 0 Å². The lowest BCUT2D eigenvalue weighted by molar-refractivity contribution is -0.699. The summed E-state index contributed by atoms with van der Waals surface area (Å²) in [7, 11) is 0. The van der Waals surface area contributed by atoms with Crippen LogP contribution in [0.5, 0.6) is 0 Å². The Morgan fingerprint density at radius 3 is 2.80 bits per heavy atom. The van der Waals surface area contributed by atoms with Crippen molar-refractivity contribution in [3.05, 3.63) is 28.5 Å². The molecule has 1 amide bonds. The van der Waals surface area contributed by atoms with Gasteiger partial charge in [0.05, 0.1) is 5.02 Å². The largest absolute Gasteiger partial charge is 0.360 e. The molecule has 0 saturated heterocycles.